The minimum absolute atomic E-state index is 0.0456. The maximum atomic E-state index is 14.2. The summed E-state index contributed by atoms with van der Waals surface area (Å²) in [6.07, 6.45) is 1.76. The summed E-state index contributed by atoms with van der Waals surface area (Å²) in [5.74, 6) is 5.49. The van der Waals surface area contributed by atoms with E-state index in [1.165, 1.54) is 0 Å². The Morgan fingerprint density at radius 2 is 1.82 bits per heavy atom. The van der Waals surface area contributed by atoms with Crippen LogP contribution in [0.1, 0.15) is 34.0 Å². The van der Waals surface area contributed by atoms with Crippen molar-refractivity contribution in [2.45, 2.75) is 51.6 Å². The highest BCUT2D eigenvalue weighted by atomic mass is 28.3. The number of rotatable bonds is 11. The quantitative estimate of drug-likeness (QED) is 0.139. The first-order valence-corrected chi connectivity index (χ1v) is 18.4. The van der Waals surface area contributed by atoms with E-state index < -0.39 is 25.6 Å². The van der Waals surface area contributed by atoms with E-state index in [0.29, 0.717) is 30.0 Å². The molecule has 1 fully saturated rings. The van der Waals surface area contributed by atoms with Gasteiger partial charge in [-0.15, -0.1) is 5.92 Å². The number of hydrogen-bond acceptors (Lipinski definition) is 6. The van der Waals surface area contributed by atoms with Gasteiger partial charge >= 0.3 is 6.03 Å². The van der Waals surface area contributed by atoms with Gasteiger partial charge in [0.15, 0.2) is 5.54 Å². The summed E-state index contributed by atoms with van der Waals surface area (Å²) in [5.41, 5.74) is 3.17. The lowest BCUT2D eigenvalue weighted by molar-refractivity contribution is -0.135. The van der Waals surface area contributed by atoms with E-state index in [1.807, 2.05) is 55.5 Å². The normalized spacial score (nSPS) is 17.8. The third kappa shape index (κ3) is 6.54. The highest BCUT2D eigenvalue weighted by molar-refractivity contribution is 6.76. The molecule has 1 saturated heterocycles. The first-order chi connectivity index (χ1) is 21.0. The lowest BCUT2D eigenvalue weighted by Crippen LogP contribution is -2.53. The molecular formula is C34H38N4O5Si. The van der Waals surface area contributed by atoms with Gasteiger partial charge in [-0.2, -0.15) is 0 Å². The molecule has 3 heterocycles. The molecule has 5 rings (SSSR count). The Balaban J connectivity index is 1.43. The van der Waals surface area contributed by atoms with Gasteiger partial charge in [0.1, 0.15) is 19.1 Å². The van der Waals surface area contributed by atoms with Crippen LogP contribution in [0.4, 0.5) is 4.79 Å². The lowest BCUT2D eigenvalue weighted by atomic mass is 9.88. The second-order valence-corrected chi connectivity index (χ2v) is 18.0. The zero-order chi connectivity index (χ0) is 31.5. The number of amides is 4. The smallest absolute Gasteiger partial charge is 0.327 e. The average molecular weight is 611 g/mol. The number of nitrogens with zero attached hydrogens (tertiary/aromatic N) is 3. The Kier molecular flexibility index (Phi) is 8.90. The third-order valence-electron chi connectivity index (χ3n) is 7.86. The van der Waals surface area contributed by atoms with Crippen LogP contribution in [0.25, 0.3) is 11.3 Å². The van der Waals surface area contributed by atoms with Gasteiger partial charge in [0.25, 0.3) is 11.8 Å². The molecular weight excluding hydrogens is 572 g/mol. The van der Waals surface area contributed by atoms with Crippen LogP contribution in [0.15, 0.2) is 60.8 Å². The molecule has 2 aliphatic heterocycles. The molecule has 0 saturated carbocycles. The third-order valence-corrected chi connectivity index (χ3v) is 9.56. The van der Waals surface area contributed by atoms with Crippen LogP contribution < -0.4 is 10.1 Å². The van der Waals surface area contributed by atoms with Crippen LogP contribution >= 0.6 is 0 Å². The molecule has 1 aromatic heterocycles. The molecule has 2 aliphatic rings. The minimum atomic E-state index is -1.49. The highest BCUT2D eigenvalue weighted by Crippen LogP contribution is 2.35. The van der Waals surface area contributed by atoms with Crippen molar-refractivity contribution in [3.63, 3.8) is 0 Å². The fraction of sp³-hybridized carbons (Fsp3) is 0.353. The second kappa shape index (κ2) is 12.6. The monoisotopic (exact) mass is 610 g/mol. The molecule has 228 valence electrons. The SMILES string of the molecule is CC#CCOc1ccc2c(c1)C(=O)N(CC1(c3ccc(-c4cc(C)ccn4)cc3)NC(=O)N(COCC[Si](C)(C)C)C1=O)C2. The predicted molar refractivity (Wildman–Crippen MR) is 171 cm³/mol. The van der Waals surface area contributed by atoms with Crippen molar-refractivity contribution in [2.75, 3.05) is 26.5 Å². The van der Waals surface area contributed by atoms with Crippen LogP contribution in [0, 0.1) is 18.8 Å². The number of urea groups is 1. The number of carbonyl (C=O) groups is 3. The number of aromatic nitrogens is 1. The Hall–Kier alpha value is -4.46. The molecule has 9 nitrogen and oxygen atoms in total. The molecule has 0 radical (unpaired) electrons. The molecule has 1 N–H and O–H groups in total. The maximum Gasteiger partial charge on any atom is 0.327 e. The molecule has 1 atom stereocenters. The highest BCUT2D eigenvalue weighted by Gasteiger charge is 2.54. The summed E-state index contributed by atoms with van der Waals surface area (Å²) in [7, 11) is -1.36. The predicted octanol–water partition coefficient (Wildman–Crippen LogP) is 5.17. The van der Waals surface area contributed by atoms with E-state index in [4.69, 9.17) is 9.47 Å². The topological polar surface area (TPSA) is 101 Å². The number of fused-ring (bicyclic) bond motifs is 1. The van der Waals surface area contributed by atoms with E-state index in [-0.39, 0.29) is 25.8 Å². The van der Waals surface area contributed by atoms with Gasteiger partial charge in [0.2, 0.25) is 0 Å². The van der Waals surface area contributed by atoms with E-state index in [0.717, 1.165) is 33.3 Å². The number of benzene rings is 2. The Morgan fingerprint density at radius 3 is 2.52 bits per heavy atom. The average Bonchev–Trinajstić information content (AvgIpc) is 3.42. The van der Waals surface area contributed by atoms with Crippen LogP contribution in [0.5, 0.6) is 5.75 Å². The zero-order valence-electron chi connectivity index (χ0n) is 25.9. The fourth-order valence-electron chi connectivity index (χ4n) is 5.33. The first kappa shape index (κ1) is 31.0. The van der Waals surface area contributed by atoms with E-state index in [9.17, 15) is 14.4 Å². The lowest BCUT2D eigenvalue weighted by Gasteiger charge is -2.32. The number of imide groups is 1. The van der Waals surface area contributed by atoms with Gasteiger partial charge in [-0.05, 0) is 60.8 Å². The summed E-state index contributed by atoms with van der Waals surface area (Å²) in [4.78, 5) is 48.3. The minimum Gasteiger partial charge on any atom is -0.481 e. The van der Waals surface area contributed by atoms with Gasteiger partial charge < -0.3 is 19.7 Å². The van der Waals surface area contributed by atoms with Crippen molar-refractivity contribution < 1.29 is 23.9 Å². The van der Waals surface area contributed by atoms with Gasteiger partial charge in [-0.3, -0.25) is 14.6 Å². The molecule has 0 spiro atoms. The van der Waals surface area contributed by atoms with Crippen LogP contribution in [0.2, 0.25) is 25.7 Å². The Bertz CT molecular complexity index is 1640. The standard InChI is InChI=1S/C34H38N4O5Si/c1-6-7-16-43-28-13-10-26-21-37(31(39)29(26)20-28)22-34(27-11-8-25(9-12-27)30-19-24(2)14-15-35-30)32(40)38(33(41)36-34)23-42-17-18-44(3,4)5/h8-15,19-20H,16-18,21-23H2,1-5H3,(H,36,41). The van der Waals surface area contributed by atoms with Gasteiger partial charge in [0.05, 0.1) is 12.2 Å². The number of hydrogen-bond donors (Lipinski definition) is 1. The molecule has 1 unspecified atom stereocenters. The van der Waals surface area contributed by atoms with Crippen molar-refractivity contribution in [3.8, 4) is 28.8 Å². The summed E-state index contributed by atoms with van der Waals surface area (Å²) >= 11 is 0. The summed E-state index contributed by atoms with van der Waals surface area (Å²) < 4.78 is 11.5. The Morgan fingerprint density at radius 1 is 1.05 bits per heavy atom. The number of ether oxygens (including phenoxy) is 2. The molecule has 4 amide bonds. The van der Waals surface area contributed by atoms with Crippen molar-refractivity contribution in [3.05, 3.63) is 83.0 Å². The first-order valence-electron chi connectivity index (χ1n) is 14.7. The Labute approximate surface area is 259 Å². The molecule has 44 heavy (non-hydrogen) atoms. The van der Waals surface area contributed by atoms with Crippen molar-refractivity contribution >= 4 is 25.9 Å². The zero-order valence-corrected chi connectivity index (χ0v) is 26.9. The number of pyridine rings is 1. The van der Waals surface area contributed by atoms with E-state index >= 15 is 0 Å². The largest absolute Gasteiger partial charge is 0.481 e. The van der Waals surface area contributed by atoms with Crippen LogP contribution in [-0.2, 0) is 21.6 Å². The molecule has 0 bridgehead atoms. The molecule has 2 aromatic carbocycles. The number of nitrogens with one attached hydrogen (secondary N) is 1. The molecule has 10 heteroatoms. The number of aryl methyl sites for hydroxylation is 1. The molecule has 3 aromatic rings. The van der Waals surface area contributed by atoms with Crippen molar-refractivity contribution in [2.24, 2.45) is 0 Å². The van der Waals surface area contributed by atoms with Crippen LogP contribution in [0.3, 0.4) is 0 Å². The second-order valence-electron chi connectivity index (χ2n) is 12.4. The van der Waals surface area contributed by atoms with E-state index in [1.54, 1.807) is 24.1 Å². The van der Waals surface area contributed by atoms with Gasteiger partial charge in [0, 0.05) is 38.5 Å². The fourth-order valence-corrected chi connectivity index (χ4v) is 6.08. The van der Waals surface area contributed by atoms with Gasteiger partial charge in [-0.25, -0.2) is 9.69 Å². The van der Waals surface area contributed by atoms with Crippen molar-refractivity contribution in [1.29, 1.82) is 0 Å². The van der Waals surface area contributed by atoms with Crippen LogP contribution in [-0.4, -0.2) is 67.2 Å². The van der Waals surface area contributed by atoms with Crippen molar-refractivity contribution in [1.82, 2.24) is 20.1 Å². The molecule has 0 aliphatic carbocycles. The maximum absolute atomic E-state index is 14.2. The van der Waals surface area contributed by atoms with Gasteiger partial charge in [-0.1, -0.05) is 55.9 Å². The van der Waals surface area contributed by atoms with E-state index in [2.05, 4.69) is 41.8 Å². The summed E-state index contributed by atoms with van der Waals surface area (Å²) in [6, 6.07) is 17.1. The summed E-state index contributed by atoms with van der Waals surface area (Å²) in [6.45, 7) is 11.2. The number of carbonyl (C=O) groups excluding carboxylic acids is 3. The summed E-state index contributed by atoms with van der Waals surface area (Å²) in [5, 5.41) is 2.95.